The summed E-state index contributed by atoms with van der Waals surface area (Å²) in [5.74, 6) is 0.498. The van der Waals surface area contributed by atoms with Gasteiger partial charge in [0.15, 0.2) is 11.1 Å². The van der Waals surface area contributed by atoms with Gasteiger partial charge in [0.1, 0.15) is 10.6 Å². The minimum absolute atomic E-state index is 0.313. The van der Waals surface area contributed by atoms with Crippen LogP contribution in [0.25, 0.3) is 0 Å². The van der Waals surface area contributed by atoms with Crippen LogP contribution in [-0.2, 0) is 17.5 Å². The number of ether oxygens (including phenoxy) is 1. The molecule has 0 bridgehead atoms. The standard InChI is InChI=1S/C16H17ClO3S/c1-12-6-4-10-15(21(18)19)16(12)20-11-5-8-13-7-2-3-9-14(13)17/h2-4,6-7,9-10H,5,8,11H2,1H3,(H,18,19). The molecule has 0 fully saturated rings. The zero-order valence-electron chi connectivity index (χ0n) is 11.7. The van der Waals surface area contributed by atoms with Crippen molar-refractivity contribution in [2.45, 2.75) is 24.7 Å². The first kappa shape index (κ1) is 16.0. The molecule has 2 aromatic rings. The Morgan fingerprint density at radius 1 is 1.19 bits per heavy atom. The SMILES string of the molecule is Cc1cccc(S(=O)O)c1OCCCc1ccccc1Cl. The van der Waals surface area contributed by atoms with Crippen LogP contribution in [-0.4, -0.2) is 15.4 Å². The van der Waals surface area contributed by atoms with E-state index in [0.717, 1.165) is 29.0 Å². The van der Waals surface area contributed by atoms with E-state index >= 15 is 0 Å². The van der Waals surface area contributed by atoms with Gasteiger partial charge in [-0.1, -0.05) is 41.9 Å². The van der Waals surface area contributed by atoms with Crippen molar-refractivity contribution in [3.8, 4) is 5.75 Å². The van der Waals surface area contributed by atoms with Gasteiger partial charge in [-0.25, -0.2) is 4.21 Å². The lowest BCUT2D eigenvalue weighted by Crippen LogP contribution is -2.04. The van der Waals surface area contributed by atoms with Crippen LogP contribution in [0.2, 0.25) is 5.02 Å². The third-order valence-corrected chi connectivity index (χ3v) is 4.23. The molecule has 2 rings (SSSR count). The van der Waals surface area contributed by atoms with Crippen LogP contribution in [0.4, 0.5) is 0 Å². The molecular weight excluding hydrogens is 308 g/mol. The Kier molecular flexibility index (Phi) is 5.79. The molecule has 0 saturated carbocycles. The summed E-state index contributed by atoms with van der Waals surface area (Å²) in [6, 6.07) is 12.9. The summed E-state index contributed by atoms with van der Waals surface area (Å²) in [5.41, 5.74) is 1.94. The third-order valence-electron chi connectivity index (χ3n) is 3.16. The van der Waals surface area contributed by atoms with Crippen molar-refractivity contribution in [2.75, 3.05) is 6.61 Å². The lowest BCUT2D eigenvalue weighted by molar-refractivity contribution is 0.301. The van der Waals surface area contributed by atoms with Crippen LogP contribution in [0.1, 0.15) is 17.5 Å². The Labute approximate surface area is 132 Å². The van der Waals surface area contributed by atoms with E-state index in [2.05, 4.69) is 0 Å². The molecule has 3 nitrogen and oxygen atoms in total. The van der Waals surface area contributed by atoms with Crippen LogP contribution in [0.15, 0.2) is 47.4 Å². The molecule has 0 heterocycles. The van der Waals surface area contributed by atoms with E-state index in [1.54, 1.807) is 12.1 Å². The van der Waals surface area contributed by atoms with E-state index < -0.39 is 11.1 Å². The number of benzene rings is 2. The van der Waals surface area contributed by atoms with Gasteiger partial charge in [0.2, 0.25) is 0 Å². The summed E-state index contributed by atoms with van der Waals surface area (Å²) in [7, 11) is 0. The zero-order valence-corrected chi connectivity index (χ0v) is 13.3. The molecule has 0 aliphatic rings. The predicted molar refractivity (Wildman–Crippen MR) is 85.5 cm³/mol. The van der Waals surface area contributed by atoms with Gasteiger partial charge in [-0.3, -0.25) is 0 Å². The van der Waals surface area contributed by atoms with Crippen molar-refractivity contribution in [2.24, 2.45) is 0 Å². The van der Waals surface area contributed by atoms with E-state index in [0.29, 0.717) is 17.3 Å². The second-order valence-electron chi connectivity index (χ2n) is 4.69. The predicted octanol–water partition coefficient (Wildman–Crippen LogP) is 4.24. The second kappa shape index (κ2) is 7.59. The average Bonchev–Trinajstić information content (AvgIpc) is 2.46. The second-order valence-corrected chi connectivity index (χ2v) is 6.04. The highest BCUT2D eigenvalue weighted by molar-refractivity contribution is 7.79. The Morgan fingerprint density at radius 2 is 1.95 bits per heavy atom. The molecule has 1 N–H and O–H groups in total. The molecule has 5 heteroatoms. The zero-order chi connectivity index (χ0) is 15.2. The van der Waals surface area contributed by atoms with Crippen LogP contribution < -0.4 is 4.74 Å². The van der Waals surface area contributed by atoms with Gasteiger partial charge in [-0.15, -0.1) is 0 Å². The smallest absolute Gasteiger partial charge is 0.190 e. The first-order valence-electron chi connectivity index (χ1n) is 6.66. The first-order valence-corrected chi connectivity index (χ1v) is 8.14. The third kappa shape index (κ3) is 4.30. The Bertz CT molecular complexity index is 643. The van der Waals surface area contributed by atoms with Crippen LogP contribution in [0, 0.1) is 6.92 Å². The molecule has 1 atom stereocenters. The van der Waals surface area contributed by atoms with Gasteiger partial charge in [-0.05, 0) is 43.0 Å². The van der Waals surface area contributed by atoms with Crippen LogP contribution >= 0.6 is 11.6 Å². The molecule has 1 unspecified atom stereocenters. The summed E-state index contributed by atoms with van der Waals surface area (Å²) >= 11 is 4.06. The molecule has 21 heavy (non-hydrogen) atoms. The molecular formula is C16H17ClO3S. The summed E-state index contributed by atoms with van der Waals surface area (Å²) in [4.78, 5) is 0.313. The van der Waals surface area contributed by atoms with E-state index in [1.807, 2.05) is 37.3 Å². The molecule has 0 aliphatic carbocycles. The van der Waals surface area contributed by atoms with Crippen molar-refractivity contribution in [3.05, 3.63) is 58.6 Å². The Morgan fingerprint density at radius 3 is 2.67 bits per heavy atom. The average molecular weight is 325 g/mol. The number of aryl methyl sites for hydroxylation is 2. The van der Waals surface area contributed by atoms with Crippen LogP contribution in [0.3, 0.4) is 0 Å². The molecule has 0 spiro atoms. The Balaban J connectivity index is 1.95. The molecule has 0 aromatic heterocycles. The number of halogens is 1. The van der Waals surface area contributed by atoms with Crippen molar-refractivity contribution in [1.29, 1.82) is 0 Å². The highest BCUT2D eigenvalue weighted by Crippen LogP contribution is 2.26. The van der Waals surface area contributed by atoms with Gasteiger partial charge < -0.3 is 9.29 Å². The fraction of sp³-hybridized carbons (Fsp3) is 0.250. The molecule has 2 aromatic carbocycles. The molecule has 0 radical (unpaired) electrons. The lowest BCUT2D eigenvalue weighted by Gasteiger charge is -2.12. The fourth-order valence-electron chi connectivity index (χ4n) is 2.09. The van der Waals surface area contributed by atoms with Gasteiger partial charge in [0, 0.05) is 5.02 Å². The number of rotatable bonds is 6. The van der Waals surface area contributed by atoms with Crippen molar-refractivity contribution in [3.63, 3.8) is 0 Å². The van der Waals surface area contributed by atoms with Gasteiger partial charge in [0.05, 0.1) is 6.61 Å². The maximum Gasteiger partial charge on any atom is 0.190 e. The highest BCUT2D eigenvalue weighted by Gasteiger charge is 2.11. The minimum Gasteiger partial charge on any atom is -0.492 e. The summed E-state index contributed by atoms with van der Waals surface area (Å²) in [6.07, 6.45) is 1.60. The summed E-state index contributed by atoms with van der Waals surface area (Å²) < 4.78 is 26.3. The summed E-state index contributed by atoms with van der Waals surface area (Å²) in [5, 5.41) is 0.755. The molecule has 0 amide bonds. The largest absolute Gasteiger partial charge is 0.492 e. The normalized spacial score (nSPS) is 12.1. The van der Waals surface area contributed by atoms with Crippen molar-refractivity contribution < 1.29 is 13.5 Å². The topological polar surface area (TPSA) is 46.5 Å². The minimum atomic E-state index is -2.04. The van der Waals surface area contributed by atoms with Crippen LogP contribution in [0.5, 0.6) is 5.75 Å². The van der Waals surface area contributed by atoms with E-state index in [4.69, 9.17) is 16.3 Å². The lowest BCUT2D eigenvalue weighted by atomic mass is 10.1. The van der Waals surface area contributed by atoms with Gasteiger partial charge in [-0.2, -0.15) is 0 Å². The quantitative estimate of drug-likeness (QED) is 0.638. The van der Waals surface area contributed by atoms with E-state index in [1.165, 1.54) is 0 Å². The van der Waals surface area contributed by atoms with E-state index in [9.17, 15) is 8.76 Å². The Hall–Kier alpha value is -1.36. The number of para-hydroxylation sites is 1. The molecule has 0 aliphatic heterocycles. The van der Waals surface area contributed by atoms with Gasteiger partial charge >= 0.3 is 0 Å². The maximum absolute atomic E-state index is 11.3. The number of hydrogen-bond donors (Lipinski definition) is 1. The highest BCUT2D eigenvalue weighted by atomic mass is 35.5. The molecule has 0 saturated heterocycles. The fourth-order valence-corrected chi connectivity index (χ4v) is 2.89. The summed E-state index contributed by atoms with van der Waals surface area (Å²) in [6.45, 7) is 2.33. The van der Waals surface area contributed by atoms with Crippen molar-refractivity contribution in [1.82, 2.24) is 0 Å². The first-order chi connectivity index (χ1) is 10.1. The van der Waals surface area contributed by atoms with Gasteiger partial charge in [0.25, 0.3) is 0 Å². The van der Waals surface area contributed by atoms with Crippen molar-refractivity contribution >= 4 is 22.7 Å². The maximum atomic E-state index is 11.3. The monoisotopic (exact) mass is 324 g/mol. The number of hydrogen-bond acceptors (Lipinski definition) is 2. The van der Waals surface area contributed by atoms with E-state index in [-0.39, 0.29) is 0 Å². The molecule has 112 valence electrons.